The van der Waals surface area contributed by atoms with E-state index < -0.39 is 12.0 Å². The largest absolute Gasteiger partial charge is 0.508 e. The van der Waals surface area contributed by atoms with Crippen LogP contribution in [0.3, 0.4) is 0 Å². The van der Waals surface area contributed by atoms with E-state index in [2.05, 4.69) is 5.32 Å². The summed E-state index contributed by atoms with van der Waals surface area (Å²) >= 11 is 0. The van der Waals surface area contributed by atoms with Gasteiger partial charge in [-0.15, -0.1) is 0 Å². The van der Waals surface area contributed by atoms with Crippen LogP contribution in [-0.2, 0) is 16.0 Å². The summed E-state index contributed by atoms with van der Waals surface area (Å²) in [6.45, 7) is 0. The lowest BCUT2D eigenvalue weighted by Crippen LogP contribution is -2.45. The topological polar surface area (TPSA) is 113 Å². The summed E-state index contributed by atoms with van der Waals surface area (Å²) in [5.41, 5.74) is 6.73. The van der Waals surface area contributed by atoms with Gasteiger partial charge in [-0.05, 0) is 43.4 Å². The lowest BCUT2D eigenvalue weighted by Gasteiger charge is -2.17. The minimum Gasteiger partial charge on any atom is -0.508 e. The van der Waals surface area contributed by atoms with E-state index in [0.29, 0.717) is 25.7 Å². The first-order valence-corrected chi connectivity index (χ1v) is 7.02. The quantitative estimate of drug-likeness (QED) is 0.636. The molecule has 1 amide bonds. The highest BCUT2D eigenvalue weighted by Gasteiger charge is 2.31. The van der Waals surface area contributed by atoms with E-state index in [0.717, 1.165) is 5.56 Å². The van der Waals surface area contributed by atoms with Crippen molar-refractivity contribution < 1.29 is 19.8 Å². The second-order valence-corrected chi connectivity index (χ2v) is 5.53. The predicted molar refractivity (Wildman–Crippen MR) is 76.7 cm³/mol. The van der Waals surface area contributed by atoms with Crippen LogP contribution in [-0.4, -0.2) is 34.2 Å². The Kier molecular flexibility index (Phi) is 4.80. The van der Waals surface area contributed by atoms with Crippen LogP contribution in [0.5, 0.6) is 5.75 Å². The number of carboxylic acids is 1. The molecule has 0 saturated heterocycles. The van der Waals surface area contributed by atoms with Gasteiger partial charge in [0.2, 0.25) is 5.91 Å². The molecule has 0 unspecified atom stereocenters. The molecule has 1 aromatic rings. The lowest BCUT2D eigenvalue weighted by molar-refractivity contribution is -0.141. The van der Waals surface area contributed by atoms with Crippen molar-refractivity contribution in [2.24, 2.45) is 11.7 Å². The molecule has 1 saturated carbocycles. The molecule has 114 valence electrons. The van der Waals surface area contributed by atoms with Gasteiger partial charge in [0.05, 0.1) is 12.0 Å². The highest BCUT2D eigenvalue weighted by molar-refractivity contribution is 5.82. The summed E-state index contributed by atoms with van der Waals surface area (Å²) in [5, 5.41) is 21.0. The van der Waals surface area contributed by atoms with E-state index in [1.54, 1.807) is 24.3 Å². The molecule has 1 fully saturated rings. The molecule has 0 radical (unpaired) electrons. The average molecular weight is 292 g/mol. The molecular formula is C15H20N2O4. The summed E-state index contributed by atoms with van der Waals surface area (Å²) in [7, 11) is 0. The molecule has 6 nitrogen and oxygen atoms in total. The first kappa shape index (κ1) is 15.3. The first-order valence-electron chi connectivity index (χ1n) is 7.02. The Hall–Kier alpha value is -2.08. The first-order chi connectivity index (χ1) is 9.95. The number of rotatable bonds is 5. The van der Waals surface area contributed by atoms with Gasteiger partial charge in [-0.2, -0.15) is 0 Å². The number of phenols is 1. The number of nitrogens with one attached hydrogen (secondary N) is 1. The van der Waals surface area contributed by atoms with Crippen LogP contribution >= 0.6 is 0 Å². The molecule has 1 aromatic carbocycles. The third-order valence-corrected chi connectivity index (χ3v) is 3.86. The number of amides is 1. The van der Waals surface area contributed by atoms with Crippen molar-refractivity contribution in [2.45, 2.75) is 37.8 Å². The van der Waals surface area contributed by atoms with Gasteiger partial charge in [0.25, 0.3) is 0 Å². The fourth-order valence-electron chi connectivity index (χ4n) is 2.62. The molecule has 0 spiro atoms. The Bertz CT molecular complexity index is 515. The zero-order chi connectivity index (χ0) is 15.4. The number of carbonyl (C=O) groups excluding carboxylic acids is 1. The monoisotopic (exact) mass is 292 g/mol. The van der Waals surface area contributed by atoms with Gasteiger partial charge in [-0.3, -0.25) is 9.59 Å². The second kappa shape index (κ2) is 6.58. The number of carboxylic acid groups (broad SMARTS) is 1. The highest BCUT2D eigenvalue weighted by atomic mass is 16.4. The Morgan fingerprint density at radius 2 is 1.95 bits per heavy atom. The molecular weight excluding hydrogens is 272 g/mol. The molecule has 1 aliphatic carbocycles. The normalized spacial score (nSPS) is 22.7. The van der Waals surface area contributed by atoms with E-state index >= 15 is 0 Å². The van der Waals surface area contributed by atoms with Gasteiger partial charge in [-0.1, -0.05) is 12.1 Å². The van der Waals surface area contributed by atoms with Crippen molar-refractivity contribution in [1.82, 2.24) is 5.32 Å². The number of aliphatic carboxylic acids is 1. The number of benzene rings is 1. The van der Waals surface area contributed by atoms with Crippen LogP contribution in [0.1, 0.15) is 24.8 Å². The molecule has 21 heavy (non-hydrogen) atoms. The van der Waals surface area contributed by atoms with E-state index in [1.165, 1.54) is 0 Å². The molecule has 0 heterocycles. The maximum absolute atomic E-state index is 12.0. The van der Waals surface area contributed by atoms with Crippen LogP contribution in [0.2, 0.25) is 0 Å². The molecule has 1 aliphatic rings. The molecule has 6 heteroatoms. The number of phenolic OH excluding ortho intramolecular Hbond substituents is 1. The maximum atomic E-state index is 12.0. The molecule has 3 atom stereocenters. The molecule has 2 rings (SSSR count). The zero-order valence-electron chi connectivity index (χ0n) is 11.7. The molecule has 5 N–H and O–H groups in total. The summed E-state index contributed by atoms with van der Waals surface area (Å²) in [4.78, 5) is 22.9. The number of nitrogens with two attached hydrogens (primary N) is 1. The minimum atomic E-state index is -0.805. The van der Waals surface area contributed by atoms with Gasteiger partial charge in [0.1, 0.15) is 5.75 Å². The van der Waals surface area contributed by atoms with Crippen LogP contribution in [0.4, 0.5) is 0 Å². The maximum Gasteiger partial charge on any atom is 0.306 e. The number of carbonyl (C=O) groups is 2. The van der Waals surface area contributed by atoms with Gasteiger partial charge in [0, 0.05) is 6.04 Å². The van der Waals surface area contributed by atoms with E-state index in [4.69, 9.17) is 10.8 Å². The van der Waals surface area contributed by atoms with Gasteiger partial charge < -0.3 is 21.3 Å². The molecule has 0 aliphatic heterocycles. The Morgan fingerprint density at radius 3 is 2.52 bits per heavy atom. The number of hydrogen-bond donors (Lipinski definition) is 4. The Labute approximate surface area is 123 Å². The third-order valence-electron chi connectivity index (χ3n) is 3.86. The SMILES string of the molecule is N[C@@H](Cc1ccc(O)cc1)C(=O)N[C@H]1CC[C@@H](C(=O)O)C1. The molecule has 0 aromatic heterocycles. The number of hydrogen-bond acceptors (Lipinski definition) is 4. The van der Waals surface area contributed by atoms with E-state index in [9.17, 15) is 14.7 Å². The Morgan fingerprint density at radius 1 is 1.29 bits per heavy atom. The van der Waals surface area contributed by atoms with Crippen LogP contribution < -0.4 is 11.1 Å². The van der Waals surface area contributed by atoms with Gasteiger partial charge in [-0.25, -0.2) is 0 Å². The second-order valence-electron chi connectivity index (χ2n) is 5.53. The fraction of sp³-hybridized carbons (Fsp3) is 0.467. The summed E-state index contributed by atoms with van der Waals surface area (Å²) in [6.07, 6.45) is 2.11. The zero-order valence-corrected chi connectivity index (χ0v) is 11.7. The van der Waals surface area contributed by atoms with Gasteiger partial charge >= 0.3 is 5.97 Å². The highest BCUT2D eigenvalue weighted by Crippen LogP contribution is 2.25. The van der Waals surface area contributed by atoms with E-state index in [-0.39, 0.29) is 23.6 Å². The smallest absolute Gasteiger partial charge is 0.306 e. The summed E-state index contributed by atoms with van der Waals surface area (Å²) in [5.74, 6) is -1.27. The van der Waals surface area contributed by atoms with Crippen LogP contribution in [0.15, 0.2) is 24.3 Å². The predicted octanol–water partition coefficient (Wildman–Crippen LogP) is 0.631. The third kappa shape index (κ3) is 4.19. The molecule has 0 bridgehead atoms. The summed E-state index contributed by atoms with van der Waals surface area (Å²) < 4.78 is 0. The number of aromatic hydroxyl groups is 1. The summed E-state index contributed by atoms with van der Waals surface area (Å²) in [6, 6.07) is 5.75. The van der Waals surface area contributed by atoms with Crippen molar-refractivity contribution >= 4 is 11.9 Å². The fourth-order valence-corrected chi connectivity index (χ4v) is 2.62. The van der Waals surface area contributed by atoms with Crippen molar-refractivity contribution in [2.75, 3.05) is 0 Å². The van der Waals surface area contributed by atoms with Crippen molar-refractivity contribution in [3.8, 4) is 5.75 Å². The van der Waals surface area contributed by atoms with Crippen LogP contribution in [0.25, 0.3) is 0 Å². The Balaban J connectivity index is 1.83. The van der Waals surface area contributed by atoms with Crippen molar-refractivity contribution in [3.05, 3.63) is 29.8 Å². The van der Waals surface area contributed by atoms with Crippen LogP contribution in [0, 0.1) is 5.92 Å². The lowest BCUT2D eigenvalue weighted by atomic mass is 10.1. The average Bonchev–Trinajstić information content (AvgIpc) is 2.90. The van der Waals surface area contributed by atoms with E-state index in [1.807, 2.05) is 0 Å². The standard InChI is InChI=1S/C15H20N2O4/c16-13(7-9-1-5-12(18)6-2-9)14(19)17-11-4-3-10(8-11)15(20)21/h1-2,5-6,10-11,13,18H,3-4,7-8,16H2,(H,17,19)(H,20,21)/t10-,11+,13+/m1/s1. The van der Waals surface area contributed by atoms with Crippen molar-refractivity contribution in [3.63, 3.8) is 0 Å². The van der Waals surface area contributed by atoms with Crippen molar-refractivity contribution in [1.29, 1.82) is 0 Å². The minimum absolute atomic E-state index is 0.107. The van der Waals surface area contributed by atoms with Gasteiger partial charge in [0.15, 0.2) is 0 Å².